The van der Waals surface area contributed by atoms with E-state index in [1.54, 1.807) is 47.8 Å². The van der Waals surface area contributed by atoms with Crippen LogP contribution in [0.5, 0.6) is 0 Å². The fraction of sp³-hybridized carbons (Fsp3) is 0.333. The number of hydrogen-bond donors (Lipinski definition) is 1. The number of anilines is 1. The quantitative estimate of drug-likeness (QED) is 0.513. The summed E-state index contributed by atoms with van der Waals surface area (Å²) in [7, 11) is -1.95. The fourth-order valence-electron chi connectivity index (χ4n) is 3.87. The van der Waals surface area contributed by atoms with Crippen molar-refractivity contribution in [3.05, 3.63) is 76.2 Å². The van der Waals surface area contributed by atoms with Gasteiger partial charge in [0.05, 0.1) is 10.9 Å². The van der Waals surface area contributed by atoms with Crippen LogP contribution in [0.25, 0.3) is 0 Å². The Kier molecular flexibility index (Phi) is 7.11. The zero-order valence-corrected chi connectivity index (χ0v) is 20.4. The van der Waals surface area contributed by atoms with Crippen molar-refractivity contribution in [1.82, 2.24) is 14.2 Å². The van der Waals surface area contributed by atoms with E-state index in [2.05, 4.69) is 10.3 Å². The molecule has 3 aromatic rings. The molecule has 7 nitrogen and oxygen atoms in total. The number of amides is 1. The van der Waals surface area contributed by atoms with Crippen LogP contribution in [-0.4, -0.2) is 48.7 Å². The predicted octanol–water partition coefficient (Wildman–Crippen LogP) is 4.37. The van der Waals surface area contributed by atoms with Crippen molar-refractivity contribution in [1.29, 1.82) is 0 Å². The molecule has 0 spiro atoms. The van der Waals surface area contributed by atoms with Crippen LogP contribution in [0.4, 0.5) is 5.69 Å². The van der Waals surface area contributed by atoms with Crippen molar-refractivity contribution >= 4 is 33.0 Å². The van der Waals surface area contributed by atoms with Gasteiger partial charge in [-0.25, -0.2) is 8.42 Å². The molecule has 1 atom stereocenters. The highest BCUT2D eigenvalue weighted by molar-refractivity contribution is 7.89. The molecule has 0 bridgehead atoms. The highest BCUT2D eigenvalue weighted by Crippen LogP contribution is 2.27. The average molecular weight is 485 g/mol. The van der Waals surface area contributed by atoms with E-state index in [-0.39, 0.29) is 16.8 Å². The molecule has 3 heterocycles. The van der Waals surface area contributed by atoms with Crippen molar-refractivity contribution in [2.45, 2.75) is 37.2 Å². The SMILES string of the molecule is CC(c1cccnc1)N(C)C(=O)c1cc(NCc2ccsc2)cc(S(=O)(=O)N2CCCC2)c1. The van der Waals surface area contributed by atoms with Gasteiger partial charge in [-0.3, -0.25) is 9.78 Å². The number of nitrogens with zero attached hydrogens (tertiary/aromatic N) is 3. The third kappa shape index (κ3) is 5.26. The zero-order chi connectivity index (χ0) is 23.4. The smallest absolute Gasteiger partial charge is 0.254 e. The van der Waals surface area contributed by atoms with E-state index in [0.29, 0.717) is 30.9 Å². The standard InChI is InChI=1S/C24H28N4O3S2/c1-18(20-6-5-8-25-16-20)27(2)24(29)21-12-22(26-15-19-7-11-32-17-19)14-23(13-21)33(30,31)28-9-3-4-10-28/h5-8,11-14,16-18,26H,3-4,9-10,15H2,1-2H3. The van der Waals surface area contributed by atoms with E-state index in [0.717, 1.165) is 24.0 Å². The predicted molar refractivity (Wildman–Crippen MR) is 131 cm³/mol. The highest BCUT2D eigenvalue weighted by Gasteiger charge is 2.29. The van der Waals surface area contributed by atoms with Crippen molar-refractivity contribution in [2.24, 2.45) is 0 Å². The number of benzene rings is 1. The van der Waals surface area contributed by atoms with Gasteiger partial charge >= 0.3 is 0 Å². The molecule has 1 aromatic carbocycles. The second-order valence-corrected chi connectivity index (χ2v) is 10.9. The lowest BCUT2D eigenvalue weighted by Crippen LogP contribution is -2.31. The Morgan fingerprint density at radius 1 is 1.24 bits per heavy atom. The molecule has 1 N–H and O–H groups in total. The molecule has 4 rings (SSSR count). The Balaban J connectivity index is 1.66. The van der Waals surface area contributed by atoms with Crippen LogP contribution in [0.3, 0.4) is 0 Å². The summed E-state index contributed by atoms with van der Waals surface area (Å²) in [5.74, 6) is -0.247. The number of aromatic nitrogens is 1. The van der Waals surface area contributed by atoms with Gasteiger partial charge in [0, 0.05) is 50.3 Å². The van der Waals surface area contributed by atoms with Crippen LogP contribution in [0.2, 0.25) is 0 Å². The van der Waals surface area contributed by atoms with E-state index >= 15 is 0 Å². The van der Waals surface area contributed by atoms with Gasteiger partial charge in [0.1, 0.15) is 0 Å². The van der Waals surface area contributed by atoms with Crippen molar-refractivity contribution in [2.75, 3.05) is 25.5 Å². The average Bonchev–Trinajstić information content (AvgIpc) is 3.56. The monoisotopic (exact) mass is 484 g/mol. The number of pyridine rings is 1. The van der Waals surface area contributed by atoms with Crippen LogP contribution in [-0.2, 0) is 16.6 Å². The Morgan fingerprint density at radius 2 is 2.03 bits per heavy atom. The summed E-state index contributed by atoms with van der Waals surface area (Å²) >= 11 is 1.60. The highest BCUT2D eigenvalue weighted by atomic mass is 32.2. The molecule has 1 amide bonds. The van der Waals surface area contributed by atoms with Gasteiger partial charge in [-0.15, -0.1) is 0 Å². The fourth-order valence-corrected chi connectivity index (χ4v) is 6.13. The minimum atomic E-state index is -3.67. The first kappa shape index (κ1) is 23.4. The van der Waals surface area contributed by atoms with Crippen molar-refractivity contribution in [3.8, 4) is 0 Å². The number of carbonyl (C=O) groups is 1. The molecule has 1 aliphatic rings. The number of thiophene rings is 1. The van der Waals surface area contributed by atoms with E-state index in [9.17, 15) is 13.2 Å². The molecular weight excluding hydrogens is 456 g/mol. The van der Waals surface area contributed by atoms with Gasteiger partial charge in [-0.1, -0.05) is 6.07 Å². The molecule has 174 valence electrons. The third-order valence-corrected chi connectivity index (χ3v) is 8.61. The Morgan fingerprint density at radius 3 is 2.70 bits per heavy atom. The number of carbonyl (C=O) groups excluding carboxylic acids is 1. The number of hydrogen-bond acceptors (Lipinski definition) is 6. The van der Waals surface area contributed by atoms with Gasteiger partial charge < -0.3 is 10.2 Å². The van der Waals surface area contributed by atoms with Gasteiger partial charge in [0.15, 0.2) is 0 Å². The molecule has 2 aromatic heterocycles. The van der Waals surface area contributed by atoms with Crippen molar-refractivity contribution < 1.29 is 13.2 Å². The van der Waals surface area contributed by atoms with Crippen LogP contribution in [0, 0.1) is 0 Å². The summed E-state index contributed by atoms with van der Waals surface area (Å²) in [6, 6.07) is 10.4. The minimum Gasteiger partial charge on any atom is -0.381 e. The molecule has 1 saturated heterocycles. The zero-order valence-electron chi connectivity index (χ0n) is 18.8. The van der Waals surface area contributed by atoms with Crippen LogP contribution < -0.4 is 5.32 Å². The second-order valence-electron chi connectivity index (χ2n) is 8.22. The summed E-state index contributed by atoms with van der Waals surface area (Å²) < 4.78 is 28.1. The Bertz CT molecular complexity index is 1190. The van der Waals surface area contributed by atoms with E-state index in [4.69, 9.17) is 0 Å². The summed E-state index contributed by atoms with van der Waals surface area (Å²) in [5.41, 5.74) is 2.95. The number of nitrogens with one attached hydrogen (secondary N) is 1. The van der Waals surface area contributed by atoms with Gasteiger partial charge in [0.25, 0.3) is 5.91 Å². The molecule has 1 aliphatic heterocycles. The Hall–Kier alpha value is -2.75. The van der Waals surface area contributed by atoms with E-state index in [1.165, 1.54) is 10.4 Å². The maximum absolute atomic E-state index is 13.4. The minimum absolute atomic E-state index is 0.144. The molecule has 0 saturated carbocycles. The summed E-state index contributed by atoms with van der Waals surface area (Å²) in [5, 5.41) is 7.32. The largest absolute Gasteiger partial charge is 0.381 e. The molecule has 33 heavy (non-hydrogen) atoms. The van der Waals surface area contributed by atoms with Crippen LogP contribution in [0.1, 0.15) is 47.3 Å². The molecule has 1 unspecified atom stereocenters. The third-order valence-electron chi connectivity index (χ3n) is 6.00. The molecule has 9 heteroatoms. The van der Waals surface area contributed by atoms with Crippen LogP contribution >= 0.6 is 11.3 Å². The lowest BCUT2D eigenvalue weighted by molar-refractivity contribution is 0.0742. The molecular formula is C24H28N4O3S2. The number of sulfonamides is 1. The molecule has 0 radical (unpaired) electrons. The topological polar surface area (TPSA) is 82.6 Å². The molecule has 1 fully saturated rings. The van der Waals surface area contributed by atoms with E-state index < -0.39 is 10.0 Å². The van der Waals surface area contributed by atoms with Gasteiger partial charge in [-0.2, -0.15) is 15.6 Å². The molecule has 0 aliphatic carbocycles. The van der Waals surface area contributed by atoms with Gasteiger partial charge in [0.2, 0.25) is 10.0 Å². The summed E-state index contributed by atoms with van der Waals surface area (Å²) in [4.78, 5) is 19.3. The van der Waals surface area contributed by atoms with Gasteiger partial charge in [-0.05, 0) is 72.0 Å². The maximum atomic E-state index is 13.4. The van der Waals surface area contributed by atoms with E-state index in [1.807, 2.05) is 35.9 Å². The summed E-state index contributed by atoms with van der Waals surface area (Å²) in [6.45, 7) is 3.49. The lowest BCUT2D eigenvalue weighted by atomic mass is 10.1. The first-order valence-electron chi connectivity index (χ1n) is 10.9. The maximum Gasteiger partial charge on any atom is 0.254 e. The first-order chi connectivity index (χ1) is 15.9. The first-order valence-corrected chi connectivity index (χ1v) is 13.3. The second kappa shape index (κ2) is 10.0. The summed E-state index contributed by atoms with van der Waals surface area (Å²) in [6.07, 6.45) is 5.13. The Labute approximate surface area is 199 Å². The van der Waals surface area contributed by atoms with Crippen molar-refractivity contribution in [3.63, 3.8) is 0 Å². The van der Waals surface area contributed by atoms with Crippen LogP contribution in [0.15, 0.2) is 64.4 Å². The number of rotatable bonds is 8. The normalized spacial score (nSPS) is 15.3. The lowest BCUT2D eigenvalue weighted by Gasteiger charge is -2.26.